The molecule has 2 aliphatic carbocycles. The number of hydrogen-bond donors (Lipinski definition) is 3. The molecule has 3 heterocycles. The molecular weight excluding hydrogens is 462 g/mol. The van der Waals surface area contributed by atoms with Crippen LogP contribution in [0.15, 0.2) is 12.3 Å². The molecule has 1 saturated heterocycles. The Morgan fingerprint density at radius 3 is 2.83 bits per heavy atom. The van der Waals surface area contributed by atoms with Crippen molar-refractivity contribution in [2.45, 2.75) is 95.9 Å². The lowest BCUT2D eigenvalue weighted by atomic mass is 9.72. The first-order chi connectivity index (χ1) is 16.7. The average molecular weight is 502 g/mol. The highest BCUT2D eigenvalue weighted by Crippen LogP contribution is 2.48. The summed E-state index contributed by atoms with van der Waals surface area (Å²) in [7, 11) is 0. The van der Waals surface area contributed by atoms with Crippen LogP contribution in [0.25, 0.3) is 10.2 Å². The first-order valence-corrected chi connectivity index (χ1v) is 13.9. The van der Waals surface area contributed by atoms with E-state index in [-0.39, 0.29) is 17.4 Å². The van der Waals surface area contributed by atoms with Crippen molar-refractivity contribution in [2.24, 2.45) is 17.1 Å². The Kier molecular flexibility index (Phi) is 7.09. The fourth-order valence-corrected chi connectivity index (χ4v) is 7.32. The van der Waals surface area contributed by atoms with Gasteiger partial charge in [-0.2, -0.15) is 0 Å². The van der Waals surface area contributed by atoms with Gasteiger partial charge in [-0.15, -0.1) is 11.3 Å². The van der Waals surface area contributed by atoms with Gasteiger partial charge < -0.3 is 25.6 Å². The van der Waals surface area contributed by atoms with Gasteiger partial charge in [0.25, 0.3) is 0 Å². The number of rotatable bonds is 7. The number of nitrogens with zero attached hydrogens (tertiary/aromatic N) is 1. The number of aliphatic hydroxyl groups excluding tert-OH is 1. The van der Waals surface area contributed by atoms with Gasteiger partial charge in [-0.1, -0.05) is 20.8 Å². The molecule has 5 rings (SSSR count). The van der Waals surface area contributed by atoms with Crippen molar-refractivity contribution in [1.29, 1.82) is 0 Å². The lowest BCUT2D eigenvalue weighted by Crippen LogP contribution is -2.56. The topological polar surface area (TPSA) is 107 Å². The third-order valence-electron chi connectivity index (χ3n) is 8.86. The van der Waals surface area contributed by atoms with E-state index >= 15 is 0 Å². The zero-order valence-electron chi connectivity index (χ0n) is 21.1. The van der Waals surface area contributed by atoms with Gasteiger partial charge >= 0.3 is 0 Å². The zero-order valence-corrected chi connectivity index (χ0v) is 21.9. The molecule has 35 heavy (non-hydrogen) atoms. The molecule has 2 fully saturated rings. The van der Waals surface area contributed by atoms with Crippen LogP contribution in [-0.2, 0) is 16.0 Å². The monoisotopic (exact) mass is 501 g/mol. The quantitative estimate of drug-likeness (QED) is 0.531. The molecule has 7 nitrogen and oxygen atoms in total. The summed E-state index contributed by atoms with van der Waals surface area (Å²) < 4.78 is 12.5. The summed E-state index contributed by atoms with van der Waals surface area (Å²) in [6, 6.07) is 2.85. The van der Waals surface area contributed by atoms with Crippen LogP contribution in [0.1, 0.15) is 75.7 Å². The number of aliphatic hydroxyl groups is 1. The molecule has 1 saturated carbocycles. The fraction of sp³-hybridized carbons (Fsp3) is 0.704. The summed E-state index contributed by atoms with van der Waals surface area (Å²) >= 11 is 1.71. The lowest BCUT2D eigenvalue weighted by Gasteiger charge is -2.46. The van der Waals surface area contributed by atoms with Gasteiger partial charge in [0.05, 0.1) is 18.1 Å². The number of thiophene rings is 1. The Labute approximate surface area is 211 Å². The third kappa shape index (κ3) is 4.95. The Bertz CT molecular complexity index is 1060. The van der Waals surface area contributed by atoms with Crippen LogP contribution in [0.3, 0.4) is 0 Å². The molecule has 0 spiro atoms. The van der Waals surface area contributed by atoms with Crippen molar-refractivity contribution >= 4 is 27.5 Å². The second-order valence-corrected chi connectivity index (χ2v) is 12.5. The van der Waals surface area contributed by atoms with Gasteiger partial charge in [0.2, 0.25) is 5.91 Å². The van der Waals surface area contributed by atoms with E-state index in [4.69, 9.17) is 15.2 Å². The van der Waals surface area contributed by atoms with E-state index in [0.717, 1.165) is 67.7 Å². The van der Waals surface area contributed by atoms with Crippen molar-refractivity contribution in [2.75, 3.05) is 13.2 Å². The molecule has 3 aliphatic rings. The van der Waals surface area contributed by atoms with Crippen LogP contribution in [0.5, 0.6) is 5.75 Å². The summed E-state index contributed by atoms with van der Waals surface area (Å²) in [5, 5.41) is 15.1. The van der Waals surface area contributed by atoms with Crippen LogP contribution in [-0.4, -0.2) is 53.5 Å². The first-order valence-electron chi connectivity index (χ1n) is 13.1. The second kappa shape index (κ2) is 9.96. The number of aryl methyl sites for hydroxylation is 1. The number of nitrogens with one attached hydrogen (secondary N) is 1. The molecule has 0 bridgehead atoms. The van der Waals surface area contributed by atoms with Crippen molar-refractivity contribution < 1.29 is 19.4 Å². The summed E-state index contributed by atoms with van der Waals surface area (Å²) in [4.78, 5) is 18.3. The summed E-state index contributed by atoms with van der Waals surface area (Å²) in [6.45, 7) is 8.64. The van der Waals surface area contributed by atoms with E-state index in [1.54, 1.807) is 11.3 Å². The minimum absolute atomic E-state index is 0.108. The standard InChI is InChI=1S/C27H39N3O4S/c1-15-13-33-14-22(27(15,2)3)30-17-5-7-18(8-6-17)34-20-10-11-29-26-24(20)23-16(4-9-21(23)35-26)12-19(31)25(28)32/h10-11,15-19,22,30-31H,4-9,12-14H2,1-3H3,(H2,28,32)/t15-,16-,17-,18-,19+,22+/m1/s1. The Morgan fingerprint density at radius 2 is 2.09 bits per heavy atom. The Hall–Kier alpha value is -1.74. The van der Waals surface area contributed by atoms with Gasteiger partial charge in [-0.05, 0) is 73.8 Å². The van der Waals surface area contributed by atoms with Crippen LogP contribution < -0.4 is 15.8 Å². The fourth-order valence-electron chi connectivity index (χ4n) is 6.06. The minimum Gasteiger partial charge on any atom is -0.490 e. The van der Waals surface area contributed by atoms with Crippen LogP contribution in [0.4, 0.5) is 0 Å². The molecule has 2 aromatic rings. The Morgan fingerprint density at radius 1 is 1.31 bits per heavy atom. The number of hydrogen-bond acceptors (Lipinski definition) is 7. The maximum absolute atomic E-state index is 11.5. The van der Waals surface area contributed by atoms with Crippen molar-refractivity contribution in [1.82, 2.24) is 10.3 Å². The maximum atomic E-state index is 11.5. The van der Waals surface area contributed by atoms with Gasteiger partial charge in [0.1, 0.15) is 16.7 Å². The van der Waals surface area contributed by atoms with Gasteiger partial charge in [-0.3, -0.25) is 4.79 Å². The lowest BCUT2D eigenvalue weighted by molar-refractivity contribution is -0.126. The molecule has 2 aromatic heterocycles. The molecule has 0 radical (unpaired) electrons. The summed E-state index contributed by atoms with van der Waals surface area (Å²) in [5.41, 5.74) is 6.77. The number of amides is 1. The van der Waals surface area contributed by atoms with Crippen molar-refractivity contribution in [3.63, 3.8) is 0 Å². The predicted octanol–water partition coefficient (Wildman–Crippen LogP) is 3.90. The Balaban J connectivity index is 1.25. The number of aromatic nitrogens is 1. The van der Waals surface area contributed by atoms with E-state index in [1.807, 2.05) is 12.3 Å². The molecule has 1 amide bonds. The van der Waals surface area contributed by atoms with E-state index < -0.39 is 12.0 Å². The zero-order chi connectivity index (χ0) is 24.7. The molecule has 8 heteroatoms. The van der Waals surface area contributed by atoms with E-state index in [0.29, 0.717) is 24.4 Å². The molecule has 0 aromatic carbocycles. The van der Waals surface area contributed by atoms with E-state index in [2.05, 4.69) is 31.1 Å². The van der Waals surface area contributed by atoms with Gasteiger partial charge in [0.15, 0.2) is 0 Å². The van der Waals surface area contributed by atoms with E-state index in [1.165, 1.54) is 10.4 Å². The maximum Gasteiger partial charge on any atom is 0.246 e. The number of nitrogens with two attached hydrogens (primary N) is 1. The summed E-state index contributed by atoms with van der Waals surface area (Å²) in [6.07, 6.45) is 7.34. The summed E-state index contributed by atoms with van der Waals surface area (Å²) in [5.74, 6) is 0.884. The van der Waals surface area contributed by atoms with Crippen LogP contribution in [0.2, 0.25) is 0 Å². The smallest absolute Gasteiger partial charge is 0.246 e. The highest BCUT2D eigenvalue weighted by molar-refractivity contribution is 7.19. The average Bonchev–Trinajstić information content (AvgIpc) is 3.38. The minimum atomic E-state index is -1.12. The van der Waals surface area contributed by atoms with E-state index in [9.17, 15) is 9.90 Å². The highest BCUT2D eigenvalue weighted by atomic mass is 32.1. The highest BCUT2D eigenvalue weighted by Gasteiger charge is 2.40. The van der Waals surface area contributed by atoms with Crippen LogP contribution in [0, 0.1) is 11.3 Å². The molecule has 192 valence electrons. The van der Waals surface area contributed by atoms with Gasteiger partial charge in [0, 0.05) is 29.8 Å². The molecule has 4 N–H and O–H groups in total. The first kappa shape index (κ1) is 24.9. The molecule has 4 atom stereocenters. The van der Waals surface area contributed by atoms with Crippen molar-refractivity contribution in [3.8, 4) is 5.75 Å². The second-order valence-electron chi connectivity index (χ2n) is 11.4. The third-order valence-corrected chi connectivity index (χ3v) is 10.0. The van der Waals surface area contributed by atoms with Gasteiger partial charge in [-0.25, -0.2) is 4.98 Å². The predicted molar refractivity (Wildman–Crippen MR) is 138 cm³/mol. The van der Waals surface area contributed by atoms with Crippen molar-refractivity contribution in [3.05, 3.63) is 22.7 Å². The normalized spacial score (nSPS) is 31.3. The number of carbonyl (C=O) groups excluding carboxylic acids is 1. The number of carbonyl (C=O) groups is 1. The molecular formula is C27H39N3O4S. The largest absolute Gasteiger partial charge is 0.490 e. The number of ether oxygens (including phenoxy) is 2. The molecule has 0 unspecified atom stereocenters. The van der Waals surface area contributed by atoms with Crippen LogP contribution >= 0.6 is 11.3 Å². The molecule has 1 aliphatic heterocycles. The SMILES string of the molecule is C[C@@H]1COC[C@H](N[C@H]2CC[C@H](Oc3ccnc4sc5c(c34)[C@@H](C[C@H](O)C(N)=O)CC5)CC2)C1(C)C. The number of fused-ring (bicyclic) bond motifs is 3. The number of primary amides is 1. The number of pyridine rings is 1.